The first-order valence-electron chi connectivity index (χ1n) is 9.39. The highest BCUT2D eigenvalue weighted by Crippen LogP contribution is 2.38. The van der Waals surface area contributed by atoms with Crippen molar-refractivity contribution in [3.05, 3.63) is 77.0 Å². The molecule has 9 heteroatoms. The van der Waals surface area contributed by atoms with Gasteiger partial charge in [0.1, 0.15) is 18.2 Å². The Bertz CT molecular complexity index is 1250. The molecule has 0 spiro atoms. The third-order valence-electron chi connectivity index (χ3n) is 5.11. The predicted molar refractivity (Wildman–Crippen MR) is 111 cm³/mol. The van der Waals surface area contributed by atoms with Gasteiger partial charge in [-0.05, 0) is 48.2 Å². The maximum Gasteiger partial charge on any atom is 0.294 e. The molecule has 0 saturated heterocycles. The van der Waals surface area contributed by atoms with Crippen molar-refractivity contribution in [1.82, 2.24) is 15.0 Å². The molecule has 1 amide bonds. The van der Waals surface area contributed by atoms with Gasteiger partial charge in [-0.2, -0.15) is 4.91 Å². The van der Waals surface area contributed by atoms with Gasteiger partial charge in [-0.1, -0.05) is 11.2 Å². The van der Waals surface area contributed by atoms with Crippen LogP contribution in [0.4, 0.5) is 17.2 Å². The number of amides is 1. The summed E-state index contributed by atoms with van der Waals surface area (Å²) in [6.07, 6.45) is 7.59. The molecule has 3 heterocycles. The van der Waals surface area contributed by atoms with E-state index in [0.717, 1.165) is 35.0 Å². The number of fused-ring (bicyclic) bond motifs is 2. The molecule has 1 aromatic carbocycles. The third-order valence-corrected chi connectivity index (χ3v) is 5.11. The van der Waals surface area contributed by atoms with Crippen molar-refractivity contribution in [2.24, 2.45) is 5.18 Å². The van der Waals surface area contributed by atoms with E-state index in [1.165, 1.54) is 12.5 Å². The lowest BCUT2D eigenvalue weighted by Crippen LogP contribution is -2.13. The summed E-state index contributed by atoms with van der Waals surface area (Å²) in [6, 6.07) is 8.83. The van der Waals surface area contributed by atoms with Crippen molar-refractivity contribution >= 4 is 34.1 Å². The van der Waals surface area contributed by atoms with Crippen LogP contribution in [0, 0.1) is 4.91 Å². The highest BCUT2D eigenvalue weighted by atomic mass is 16.3. The molecule has 1 aliphatic carbocycles. The monoisotopic (exact) mass is 400 g/mol. The molecule has 0 radical (unpaired) electrons. The summed E-state index contributed by atoms with van der Waals surface area (Å²) < 4.78 is 5.80. The first kappa shape index (κ1) is 17.9. The number of nitrogens with one attached hydrogen (secondary N) is 2. The molecule has 2 N–H and O–H groups in total. The lowest BCUT2D eigenvalue weighted by molar-refractivity contribution is 0.0999. The predicted octanol–water partition coefficient (Wildman–Crippen LogP) is 4.37. The fourth-order valence-corrected chi connectivity index (χ4v) is 3.70. The van der Waals surface area contributed by atoms with Gasteiger partial charge in [-0.15, -0.1) is 0 Å². The third kappa shape index (κ3) is 3.16. The Morgan fingerprint density at radius 1 is 1.17 bits per heavy atom. The second kappa shape index (κ2) is 7.36. The number of furan rings is 1. The van der Waals surface area contributed by atoms with E-state index < -0.39 is 5.91 Å². The lowest BCUT2D eigenvalue weighted by atomic mass is 10.1. The Kier molecular flexibility index (Phi) is 4.40. The van der Waals surface area contributed by atoms with Crippen LogP contribution in [0.15, 0.2) is 64.8 Å². The molecule has 5 rings (SSSR count). The molecule has 9 nitrogen and oxygen atoms in total. The van der Waals surface area contributed by atoms with E-state index in [9.17, 15) is 9.70 Å². The SMILES string of the molecule is O=NC1CCc2cc(Nc3c(C(=O)Nc4ccncn4)oc4cnccc34)ccc21. The quantitative estimate of drug-likeness (QED) is 0.477. The van der Waals surface area contributed by atoms with Gasteiger partial charge in [-0.25, -0.2) is 9.97 Å². The molecular formula is C21H16N6O3. The van der Waals surface area contributed by atoms with E-state index in [2.05, 4.69) is 30.8 Å². The standard InChI is InChI=1S/C21H16N6O3/c28-21(26-18-6-8-23-11-24-18)20-19(15-5-7-22-10-17(15)30-20)25-13-2-3-14-12(9-13)1-4-16(14)27-29/h2-3,5-11,16,25H,1,4H2,(H,23,24,26,28). The van der Waals surface area contributed by atoms with Crippen molar-refractivity contribution in [3.63, 3.8) is 0 Å². The average molecular weight is 400 g/mol. The molecule has 1 unspecified atom stereocenters. The summed E-state index contributed by atoms with van der Waals surface area (Å²) in [5.74, 6) is 0.0350. The normalized spacial score (nSPS) is 15.0. The second-order valence-electron chi connectivity index (χ2n) is 6.93. The van der Waals surface area contributed by atoms with E-state index in [4.69, 9.17) is 4.42 Å². The van der Waals surface area contributed by atoms with Gasteiger partial charge < -0.3 is 15.1 Å². The Morgan fingerprint density at radius 3 is 2.90 bits per heavy atom. The van der Waals surface area contributed by atoms with Gasteiger partial charge in [-0.3, -0.25) is 9.78 Å². The number of hydrogen-bond donors (Lipinski definition) is 2. The summed E-state index contributed by atoms with van der Waals surface area (Å²) >= 11 is 0. The summed E-state index contributed by atoms with van der Waals surface area (Å²) in [6.45, 7) is 0. The Labute approximate surface area is 170 Å². The number of carbonyl (C=O) groups excluding carboxylic acids is 1. The van der Waals surface area contributed by atoms with E-state index in [1.54, 1.807) is 24.5 Å². The molecule has 0 bridgehead atoms. The first-order valence-corrected chi connectivity index (χ1v) is 9.39. The molecule has 0 saturated carbocycles. The topological polar surface area (TPSA) is 122 Å². The molecule has 1 atom stereocenters. The molecule has 148 valence electrons. The van der Waals surface area contributed by atoms with Crippen LogP contribution < -0.4 is 10.6 Å². The van der Waals surface area contributed by atoms with Crippen LogP contribution in [0.1, 0.15) is 34.1 Å². The number of benzene rings is 1. The van der Waals surface area contributed by atoms with Gasteiger partial charge in [0, 0.05) is 23.5 Å². The van der Waals surface area contributed by atoms with Crippen molar-refractivity contribution in [3.8, 4) is 0 Å². The van der Waals surface area contributed by atoms with Gasteiger partial charge in [0.15, 0.2) is 5.58 Å². The first-order chi connectivity index (χ1) is 14.7. The van der Waals surface area contributed by atoms with Crippen molar-refractivity contribution < 1.29 is 9.21 Å². The van der Waals surface area contributed by atoms with Crippen LogP contribution >= 0.6 is 0 Å². The van der Waals surface area contributed by atoms with E-state index in [-0.39, 0.29) is 11.8 Å². The smallest absolute Gasteiger partial charge is 0.294 e. The van der Waals surface area contributed by atoms with Crippen LogP contribution in [0.2, 0.25) is 0 Å². The summed E-state index contributed by atoms with van der Waals surface area (Å²) in [5.41, 5.74) is 3.83. The van der Waals surface area contributed by atoms with Crippen molar-refractivity contribution in [2.45, 2.75) is 18.9 Å². The molecule has 4 aromatic rings. The summed E-state index contributed by atoms with van der Waals surface area (Å²) in [5, 5.41) is 9.93. The fraction of sp³-hybridized carbons (Fsp3) is 0.143. The largest absolute Gasteiger partial charge is 0.447 e. The zero-order valence-electron chi connectivity index (χ0n) is 15.7. The van der Waals surface area contributed by atoms with Crippen LogP contribution in [0.5, 0.6) is 0 Å². The van der Waals surface area contributed by atoms with E-state index in [0.29, 0.717) is 17.1 Å². The number of anilines is 3. The number of aryl methyl sites for hydroxylation is 1. The van der Waals surface area contributed by atoms with Gasteiger partial charge >= 0.3 is 0 Å². The summed E-state index contributed by atoms with van der Waals surface area (Å²) in [4.78, 5) is 35.8. The minimum absolute atomic E-state index is 0.115. The van der Waals surface area contributed by atoms with Crippen molar-refractivity contribution in [1.29, 1.82) is 0 Å². The Balaban J connectivity index is 1.51. The number of pyridine rings is 1. The molecule has 30 heavy (non-hydrogen) atoms. The molecule has 0 fully saturated rings. The highest BCUT2D eigenvalue weighted by molar-refractivity contribution is 6.11. The van der Waals surface area contributed by atoms with Crippen LogP contribution in [0.3, 0.4) is 0 Å². The van der Waals surface area contributed by atoms with Gasteiger partial charge in [0.25, 0.3) is 5.91 Å². The number of carbonyl (C=O) groups is 1. The van der Waals surface area contributed by atoms with E-state index >= 15 is 0 Å². The Morgan fingerprint density at radius 2 is 2.07 bits per heavy atom. The van der Waals surface area contributed by atoms with Crippen LogP contribution in [-0.4, -0.2) is 20.9 Å². The second-order valence-corrected chi connectivity index (χ2v) is 6.93. The maximum absolute atomic E-state index is 12.9. The number of aromatic nitrogens is 3. The number of rotatable bonds is 5. The van der Waals surface area contributed by atoms with Gasteiger partial charge in [0.2, 0.25) is 5.76 Å². The average Bonchev–Trinajstić information content (AvgIpc) is 3.36. The molecular weight excluding hydrogens is 384 g/mol. The van der Waals surface area contributed by atoms with Gasteiger partial charge in [0.05, 0.1) is 11.9 Å². The Hall–Kier alpha value is -4.14. The summed E-state index contributed by atoms with van der Waals surface area (Å²) in [7, 11) is 0. The van der Waals surface area contributed by atoms with Crippen molar-refractivity contribution in [2.75, 3.05) is 10.6 Å². The zero-order chi connectivity index (χ0) is 20.5. The number of nitroso groups, excluding NO2 is 1. The zero-order valence-corrected chi connectivity index (χ0v) is 15.7. The van der Waals surface area contributed by atoms with E-state index in [1.807, 2.05) is 18.2 Å². The molecule has 1 aliphatic rings. The minimum atomic E-state index is -0.446. The number of nitrogens with zero attached hydrogens (tertiary/aromatic N) is 4. The minimum Gasteiger partial charge on any atom is -0.447 e. The maximum atomic E-state index is 12.9. The molecule has 3 aromatic heterocycles. The fourth-order valence-electron chi connectivity index (χ4n) is 3.70. The van der Waals surface area contributed by atoms with Crippen LogP contribution in [-0.2, 0) is 6.42 Å². The number of hydrogen-bond acceptors (Lipinski definition) is 8. The highest BCUT2D eigenvalue weighted by Gasteiger charge is 2.25. The lowest BCUT2D eigenvalue weighted by Gasteiger charge is -2.10. The van der Waals surface area contributed by atoms with Crippen LogP contribution in [0.25, 0.3) is 11.0 Å². The molecule has 0 aliphatic heterocycles.